The first-order chi connectivity index (χ1) is 12.0. The van der Waals surface area contributed by atoms with E-state index in [1.54, 1.807) is 6.33 Å². The van der Waals surface area contributed by atoms with Gasteiger partial charge in [-0.15, -0.1) is 0 Å². The maximum absolute atomic E-state index is 4.61. The van der Waals surface area contributed by atoms with Crippen molar-refractivity contribution in [3.8, 4) is 0 Å². The summed E-state index contributed by atoms with van der Waals surface area (Å²) in [6.45, 7) is 11.9. The average Bonchev–Trinajstić information content (AvgIpc) is 2.97. The average molecular weight is 337 g/mol. The number of piperazine rings is 1. The molecule has 4 rings (SSSR count). The largest absolute Gasteiger partial charge is 0.353 e. The van der Waals surface area contributed by atoms with E-state index in [9.17, 15) is 0 Å². The van der Waals surface area contributed by atoms with Crippen molar-refractivity contribution in [2.24, 2.45) is 0 Å². The van der Waals surface area contributed by atoms with Gasteiger partial charge in [0.15, 0.2) is 5.65 Å². The van der Waals surface area contributed by atoms with Crippen molar-refractivity contribution in [2.45, 2.75) is 27.7 Å². The van der Waals surface area contributed by atoms with Gasteiger partial charge in [-0.2, -0.15) is 9.61 Å². The molecule has 7 heteroatoms. The van der Waals surface area contributed by atoms with E-state index in [2.05, 4.69) is 42.8 Å². The molecule has 0 spiro atoms. The quantitative estimate of drug-likeness (QED) is 0.713. The second-order valence-corrected chi connectivity index (χ2v) is 6.69. The van der Waals surface area contributed by atoms with Gasteiger partial charge in [0.25, 0.3) is 0 Å². The summed E-state index contributed by atoms with van der Waals surface area (Å²) in [5, 5.41) is 4.61. The molecule has 0 saturated carbocycles. The lowest BCUT2D eigenvalue weighted by atomic mass is 10.2. The van der Waals surface area contributed by atoms with Gasteiger partial charge in [-0.3, -0.25) is 0 Å². The van der Waals surface area contributed by atoms with Gasteiger partial charge in [-0.1, -0.05) is 0 Å². The molecule has 1 fully saturated rings. The molecule has 0 amide bonds. The first-order valence-electron chi connectivity index (χ1n) is 8.65. The smallest absolute Gasteiger partial charge is 0.157 e. The number of fused-ring (bicyclic) bond motifs is 1. The minimum Gasteiger partial charge on any atom is -0.353 e. The second-order valence-electron chi connectivity index (χ2n) is 6.69. The van der Waals surface area contributed by atoms with Crippen molar-refractivity contribution in [3.63, 3.8) is 0 Å². The first kappa shape index (κ1) is 15.8. The molecule has 1 saturated heterocycles. The minimum absolute atomic E-state index is 0.914. The highest BCUT2D eigenvalue weighted by Gasteiger charge is 2.22. The van der Waals surface area contributed by atoms with Crippen molar-refractivity contribution in [1.82, 2.24) is 24.6 Å². The molecule has 0 aromatic carbocycles. The second kappa shape index (κ2) is 5.98. The van der Waals surface area contributed by atoms with Gasteiger partial charge in [0.05, 0.1) is 5.69 Å². The van der Waals surface area contributed by atoms with Gasteiger partial charge >= 0.3 is 0 Å². The predicted octanol–water partition coefficient (Wildman–Crippen LogP) is 2.08. The molecule has 3 aromatic rings. The highest BCUT2D eigenvalue weighted by Crippen LogP contribution is 2.23. The summed E-state index contributed by atoms with van der Waals surface area (Å²) in [6.07, 6.45) is 1.66. The fraction of sp³-hybridized carbons (Fsp3) is 0.444. The first-order valence-corrected chi connectivity index (χ1v) is 8.65. The highest BCUT2D eigenvalue weighted by molar-refractivity contribution is 5.54. The number of nitrogens with zero attached hydrogens (tertiary/aromatic N) is 7. The Balaban J connectivity index is 1.59. The Morgan fingerprint density at radius 1 is 0.840 bits per heavy atom. The number of aromatic nitrogens is 5. The molecule has 0 bridgehead atoms. The standard InChI is InChI=1S/C18H23N7/c1-12-10-17(25-16(21-12)9-13(2)22-25)23-5-7-24(8-6-23)18-14(3)15(4)19-11-20-18/h9-11H,5-8H2,1-4H3. The number of hydrogen-bond donors (Lipinski definition) is 0. The summed E-state index contributed by atoms with van der Waals surface area (Å²) in [7, 11) is 0. The van der Waals surface area contributed by atoms with Crippen molar-refractivity contribution in [1.29, 1.82) is 0 Å². The third-order valence-corrected chi connectivity index (χ3v) is 4.87. The third-order valence-electron chi connectivity index (χ3n) is 4.87. The van der Waals surface area contributed by atoms with E-state index in [4.69, 9.17) is 0 Å². The Bertz CT molecular complexity index is 923. The van der Waals surface area contributed by atoms with Gasteiger partial charge in [0.2, 0.25) is 0 Å². The summed E-state index contributed by atoms with van der Waals surface area (Å²) < 4.78 is 1.96. The molecular formula is C18H23N7. The molecule has 130 valence electrons. The minimum atomic E-state index is 0.914. The zero-order valence-corrected chi connectivity index (χ0v) is 15.2. The Kier molecular flexibility index (Phi) is 3.78. The van der Waals surface area contributed by atoms with Crippen LogP contribution in [0.3, 0.4) is 0 Å². The molecule has 1 aliphatic heterocycles. The third kappa shape index (κ3) is 2.79. The van der Waals surface area contributed by atoms with Gasteiger partial charge in [-0.05, 0) is 27.7 Å². The monoisotopic (exact) mass is 337 g/mol. The number of hydrogen-bond acceptors (Lipinski definition) is 6. The zero-order chi connectivity index (χ0) is 17.6. The van der Waals surface area contributed by atoms with Crippen LogP contribution in [0, 0.1) is 27.7 Å². The predicted molar refractivity (Wildman–Crippen MR) is 98.4 cm³/mol. The van der Waals surface area contributed by atoms with Crippen LogP contribution in [-0.2, 0) is 0 Å². The molecule has 0 unspecified atom stereocenters. The van der Waals surface area contributed by atoms with E-state index in [-0.39, 0.29) is 0 Å². The molecule has 0 radical (unpaired) electrons. The van der Waals surface area contributed by atoms with Crippen molar-refractivity contribution in [3.05, 3.63) is 41.1 Å². The molecule has 0 aliphatic carbocycles. The van der Waals surface area contributed by atoms with E-state index in [0.29, 0.717) is 0 Å². The summed E-state index contributed by atoms with van der Waals surface area (Å²) in [5.74, 6) is 2.17. The molecule has 0 atom stereocenters. The number of rotatable bonds is 2. The van der Waals surface area contributed by atoms with Crippen LogP contribution in [0.15, 0.2) is 18.5 Å². The summed E-state index contributed by atoms with van der Waals surface area (Å²) in [5.41, 5.74) is 5.14. The summed E-state index contributed by atoms with van der Waals surface area (Å²) >= 11 is 0. The highest BCUT2D eigenvalue weighted by atomic mass is 15.4. The van der Waals surface area contributed by atoms with Crippen LogP contribution in [0.5, 0.6) is 0 Å². The summed E-state index contributed by atoms with van der Waals surface area (Å²) in [4.78, 5) is 18.1. The topological polar surface area (TPSA) is 62.5 Å². The maximum Gasteiger partial charge on any atom is 0.157 e. The summed E-state index contributed by atoms with van der Waals surface area (Å²) in [6, 6.07) is 4.15. The molecule has 1 aliphatic rings. The Hall–Kier alpha value is -2.70. The van der Waals surface area contributed by atoms with E-state index < -0.39 is 0 Å². The molecule has 0 N–H and O–H groups in total. The zero-order valence-electron chi connectivity index (χ0n) is 15.2. The Morgan fingerprint density at radius 3 is 2.32 bits per heavy atom. The van der Waals surface area contributed by atoms with Gasteiger partial charge in [-0.25, -0.2) is 15.0 Å². The van der Waals surface area contributed by atoms with Crippen molar-refractivity contribution in [2.75, 3.05) is 36.0 Å². The lowest BCUT2D eigenvalue weighted by Crippen LogP contribution is -2.47. The van der Waals surface area contributed by atoms with Crippen LogP contribution < -0.4 is 9.80 Å². The molecule has 3 aromatic heterocycles. The fourth-order valence-corrected chi connectivity index (χ4v) is 3.41. The number of anilines is 2. The SMILES string of the molecule is Cc1cc(N2CCN(c3ncnc(C)c3C)CC2)n2nc(C)cc2n1. The van der Waals surface area contributed by atoms with Crippen LogP contribution in [0.1, 0.15) is 22.6 Å². The van der Waals surface area contributed by atoms with E-state index in [1.165, 1.54) is 5.56 Å². The van der Waals surface area contributed by atoms with Gasteiger partial charge < -0.3 is 9.80 Å². The van der Waals surface area contributed by atoms with Crippen molar-refractivity contribution >= 4 is 17.3 Å². The molecule has 4 heterocycles. The van der Waals surface area contributed by atoms with E-state index in [1.807, 2.05) is 31.4 Å². The van der Waals surface area contributed by atoms with Crippen LogP contribution in [0.4, 0.5) is 11.6 Å². The number of aryl methyl sites for hydroxylation is 3. The Labute approximate surface area is 147 Å². The maximum atomic E-state index is 4.61. The van der Waals surface area contributed by atoms with Gasteiger partial charge in [0, 0.05) is 55.3 Å². The molecule has 25 heavy (non-hydrogen) atoms. The van der Waals surface area contributed by atoms with E-state index in [0.717, 1.165) is 60.5 Å². The molecular weight excluding hydrogens is 314 g/mol. The fourth-order valence-electron chi connectivity index (χ4n) is 3.41. The normalized spacial score (nSPS) is 15.2. The van der Waals surface area contributed by atoms with Crippen molar-refractivity contribution < 1.29 is 0 Å². The van der Waals surface area contributed by atoms with Crippen LogP contribution in [0.25, 0.3) is 5.65 Å². The lowest BCUT2D eigenvalue weighted by Gasteiger charge is -2.37. The lowest BCUT2D eigenvalue weighted by molar-refractivity contribution is 0.630. The van der Waals surface area contributed by atoms with Crippen LogP contribution in [0.2, 0.25) is 0 Å². The van der Waals surface area contributed by atoms with Gasteiger partial charge in [0.1, 0.15) is 18.0 Å². The van der Waals surface area contributed by atoms with Crippen LogP contribution in [-0.4, -0.2) is 50.7 Å². The Morgan fingerprint density at radius 2 is 1.56 bits per heavy atom. The van der Waals surface area contributed by atoms with Crippen LogP contribution >= 0.6 is 0 Å². The molecule has 7 nitrogen and oxygen atoms in total. The van der Waals surface area contributed by atoms with E-state index >= 15 is 0 Å².